The highest BCUT2D eigenvalue weighted by molar-refractivity contribution is 5.88. The Hall–Kier alpha value is -0.830. The Balaban J connectivity index is 2.53. The number of nitrogens with one attached hydrogen (secondary N) is 1. The molecular formula is C8H13NO2. The highest BCUT2D eigenvalue weighted by Crippen LogP contribution is 2.14. The zero-order valence-corrected chi connectivity index (χ0v) is 6.58. The minimum atomic E-state index is -0.688. The van der Waals surface area contributed by atoms with Crippen LogP contribution in [0.25, 0.3) is 0 Å². The van der Waals surface area contributed by atoms with Crippen LogP contribution in [0.3, 0.4) is 0 Å². The molecule has 2 N–H and O–H groups in total. The lowest BCUT2D eigenvalue weighted by atomic mass is 9.99. The molecule has 2 unspecified atom stereocenters. The summed E-state index contributed by atoms with van der Waals surface area (Å²) in [6.45, 7) is 2.05. The maximum atomic E-state index is 10.7. The second kappa shape index (κ2) is 3.53. The standard InChI is InChI=1S/C8H13NO2/c1-2-3-6-4-5-7(10)9-8(6)11/h4-6,8,11H,2-3H2,1H3,(H,9,10). The summed E-state index contributed by atoms with van der Waals surface area (Å²) in [5, 5.41) is 11.7. The van der Waals surface area contributed by atoms with Gasteiger partial charge in [-0.2, -0.15) is 0 Å². The summed E-state index contributed by atoms with van der Waals surface area (Å²) in [6, 6.07) is 0. The van der Waals surface area contributed by atoms with Crippen LogP contribution < -0.4 is 5.32 Å². The maximum Gasteiger partial charge on any atom is 0.245 e. The SMILES string of the molecule is CCCC1C=CC(=O)NC1O. The van der Waals surface area contributed by atoms with Gasteiger partial charge in [0, 0.05) is 5.92 Å². The van der Waals surface area contributed by atoms with Gasteiger partial charge >= 0.3 is 0 Å². The molecule has 1 heterocycles. The molecule has 0 aromatic carbocycles. The Morgan fingerprint density at radius 3 is 3.00 bits per heavy atom. The van der Waals surface area contributed by atoms with E-state index in [4.69, 9.17) is 0 Å². The van der Waals surface area contributed by atoms with Crippen LogP contribution in [0.2, 0.25) is 0 Å². The second-order valence-corrected chi connectivity index (χ2v) is 2.77. The Morgan fingerprint density at radius 2 is 2.45 bits per heavy atom. The normalized spacial score (nSPS) is 30.2. The molecule has 0 saturated carbocycles. The summed E-state index contributed by atoms with van der Waals surface area (Å²) in [5.41, 5.74) is 0. The van der Waals surface area contributed by atoms with Gasteiger partial charge in [0.15, 0.2) is 0 Å². The van der Waals surface area contributed by atoms with Crippen LogP contribution in [-0.2, 0) is 4.79 Å². The first-order valence-corrected chi connectivity index (χ1v) is 3.91. The van der Waals surface area contributed by atoms with Gasteiger partial charge in [-0.1, -0.05) is 19.4 Å². The van der Waals surface area contributed by atoms with Crippen molar-refractivity contribution in [2.75, 3.05) is 0 Å². The fourth-order valence-corrected chi connectivity index (χ4v) is 1.20. The topological polar surface area (TPSA) is 49.3 Å². The van der Waals surface area contributed by atoms with Gasteiger partial charge < -0.3 is 10.4 Å². The van der Waals surface area contributed by atoms with Crippen molar-refractivity contribution in [2.45, 2.75) is 26.0 Å². The van der Waals surface area contributed by atoms with Gasteiger partial charge in [0.2, 0.25) is 5.91 Å². The Morgan fingerprint density at radius 1 is 1.73 bits per heavy atom. The molecule has 11 heavy (non-hydrogen) atoms. The molecule has 0 bridgehead atoms. The third-order valence-electron chi connectivity index (χ3n) is 1.81. The zero-order valence-electron chi connectivity index (χ0n) is 6.58. The highest BCUT2D eigenvalue weighted by Gasteiger charge is 2.20. The van der Waals surface area contributed by atoms with Crippen LogP contribution in [0.15, 0.2) is 12.2 Å². The van der Waals surface area contributed by atoms with E-state index in [2.05, 4.69) is 12.2 Å². The first kappa shape index (κ1) is 8.27. The summed E-state index contributed by atoms with van der Waals surface area (Å²) in [6.07, 6.45) is 4.49. The summed E-state index contributed by atoms with van der Waals surface area (Å²) in [5.74, 6) is -0.109. The summed E-state index contributed by atoms with van der Waals surface area (Å²) in [4.78, 5) is 10.7. The lowest BCUT2D eigenvalue weighted by molar-refractivity contribution is -0.121. The lowest BCUT2D eigenvalue weighted by Gasteiger charge is -2.23. The number of aliphatic hydroxyl groups is 1. The molecule has 0 saturated heterocycles. The highest BCUT2D eigenvalue weighted by atomic mass is 16.3. The molecule has 62 valence electrons. The van der Waals surface area contributed by atoms with E-state index in [0.717, 1.165) is 12.8 Å². The van der Waals surface area contributed by atoms with Crippen LogP contribution in [-0.4, -0.2) is 17.2 Å². The summed E-state index contributed by atoms with van der Waals surface area (Å²) >= 11 is 0. The Labute approximate surface area is 66.1 Å². The van der Waals surface area contributed by atoms with Gasteiger partial charge in [0.1, 0.15) is 6.23 Å². The number of carbonyl (C=O) groups excluding carboxylic acids is 1. The number of amides is 1. The average molecular weight is 155 g/mol. The van der Waals surface area contributed by atoms with E-state index < -0.39 is 6.23 Å². The van der Waals surface area contributed by atoms with Crippen molar-refractivity contribution < 1.29 is 9.90 Å². The quantitative estimate of drug-likeness (QED) is 0.606. The van der Waals surface area contributed by atoms with Crippen LogP contribution in [0.4, 0.5) is 0 Å². The molecule has 0 spiro atoms. The lowest BCUT2D eigenvalue weighted by Crippen LogP contribution is -2.41. The molecule has 1 amide bonds. The molecule has 0 aromatic rings. The van der Waals surface area contributed by atoms with Gasteiger partial charge in [0.25, 0.3) is 0 Å². The number of hydrogen-bond acceptors (Lipinski definition) is 2. The molecule has 1 aliphatic rings. The number of aliphatic hydroxyl groups excluding tert-OH is 1. The van der Waals surface area contributed by atoms with Gasteiger partial charge in [-0.05, 0) is 12.5 Å². The Kier molecular flexibility index (Phi) is 2.65. The van der Waals surface area contributed by atoms with Crippen molar-refractivity contribution >= 4 is 5.91 Å². The third-order valence-corrected chi connectivity index (χ3v) is 1.81. The summed E-state index contributed by atoms with van der Waals surface area (Å²) < 4.78 is 0. The van der Waals surface area contributed by atoms with Crippen molar-refractivity contribution in [3.8, 4) is 0 Å². The van der Waals surface area contributed by atoms with E-state index in [1.807, 2.05) is 0 Å². The number of hydrogen-bond donors (Lipinski definition) is 2. The van der Waals surface area contributed by atoms with Gasteiger partial charge in [-0.25, -0.2) is 0 Å². The maximum absolute atomic E-state index is 10.7. The molecule has 3 heteroatoms. The molecule has 3 nitrogen and oxygen atoms in total. The predicted octanol–water partition coefficient (Wildman–Crippen LogP) is 0.407. The number of rotatable bonds is 2. The smallest absolute Gasteiger partial charge is 0.245 e. The molecule has 2 atom stereocenters. The largest absolute Gasteiger partial charge is 0.373 e. The van der Waals surface area contributed by atoms with Gasteiger partial charge in [-0.15, -0.1) is 0 Å². The molecule has 0 radical (unpaired) electrons. The fourth-order valence-electron chi connectivity index (χ4n) is 1.20. The van der Waals surface area contributed by atoms with Crippen molar-refractivity contribution in [1.29, 1.82) is 0 Å². The van der Waals surface area contributed by atoms with E-state index in [9.17, 15) is 9.90 Å². The van der Waals surface area contributed by atoms with E-state index in [1.54, 1.807) is 6.08 Å². The van der Waals surface area contributed by atoms with Crippen LogP contribution >= 0.6 is 0 Å². The first-order valence-electron chi connectivity index (χ1n) is 3.91. The van der Waals surface area contributed by atoms with Crippen molar-refractivity contribution in [3.63, 3.8) is 0 Å². The van der Waals surface area contributed by atoms with Gasteiger partial charge in [-0.3, -0.25) is 4.79 Å². The molecule has 1 aliphatic heterocycles. The third kappa shape index (κ3) is 2.05. The summed E-state index contributed by atoms with van der Waals surface area (Å²) in [7, 11) is 0. The van der Waals surface area contributed by atoms with Crippen LogP contribution in [0.5, 0.6) is 0 Å². The van der Waals surface area contributed by atoms with E-state index in [0.29, 0.717) is 0 Å². The van der Waals surface area contributed by atoms with Crippen molar-refractivity contribution in [1.82, 2.24) is 5.32 Å². The fraction of sp³-hybridized carbons (Fsp3) is 0.625. The minimum absolute atomic E-state index is 0.0951. The number of carbonyl (C=O) groups is 1. The molecule has 0 aliphatic carbocycles. The molecule has 1 rings (SSSR count). The zero-order chi connectivity index (χ0) is 8.27. The minimum Gasteiger partial charge on any atom is -0.373 e. The van der Waals surface area contributed by atoms with Crippen LogP contribution in [0.1, 0.15) is 19.8 Å². The molecule has 0 aromatic heterocycles. The van der Waals surface area contributed by atoms with Crippen LogP contribution in [0, 0.1) is 5.92 Å². The van der Waals surface area contributed by atoms with Crippen molar-refractivity contribution in [2.24, 2.45) is 5.92 Å². The van der Waals surface area contributed by atoms with E-state index in [-0.39, 0.29) is 11.8 Å². The average Bonchev–Trinajstić information content (AvgIpc) is 1.95. The molecule has 0 fully saturated rings. The van der Waals surface area contributed by atoms with Crippen molar-refractivity contribution in [3.05, 3.63) is 12.2 Å². The van der Waals surface area contributed by atoms with E-state index >= 15 is 0 Å². The van der Waals surface area contributed by atoms with E-state index in [1.165, 1.54) is 6.08 Å². The second-order valence-electron chi connectivity index (χ2n) is 2.77. The monoisotopic (exact) mass is 155 g/mol. The first-order chi connectivity index (χ1) is 5.24. The Bertz CT molecular complexity index is 177. The van der Waals surface area contributed by atoms with Gasteiger partial charge in [0.05, 0.1) is 0 Å². The molecular weight excluding hydrogens is 142 g/mol. The predicted molar refractivity (Wildman–Crippen MR) is 41.7 cm³/mol.